The number of Topliss-reactive ketones (excluding diaryl/α,β-unsaturated/α-hetero) is 1. The Hall–Kier alpha value is -4.35. The van der Waals surface area contributed by atoms with Crippen molar-refractivity contribution < 1.29 is 81.3 Å². The Bertz CT molecular complexity index is 2700. The van der Waals surface area contributed by atoms with Crippen LogP contribution in [0.4, 0.5) is 14.4 Å². The Morgan fingerprint density at radius 1 is 0.817 bits per heavy atom. The number of nitrogens with zero attached hydrogens (tertiary/aromatic N) is 2. The largest absolute Gasteiger partial charge is 0.509 e. The predicted molar refractivity (Wildman–Crippen MR) is 301 cm³/mol. The number of carbonyl (C=O) groups excluding carboxylic acids is 7. The second kappa shape index (κ2) is 26.1. The van der Waals surface area contributed by atoms with Gasteiger partial charge < -0.3 is 62.9 Å². The minimum Gasteiger partial charge on any atom is -0.461 e. The Morgan fingerprint density at radius 3 is 1.99 bits per heavy atom. The van der Waals surface area contributed by atoms with Crippen LogP contribution in [0.25, 0.3) is 0 Å². The van der Waals surface area contributed by atoms with Gasteiger partial charge in [0.05, 0.1) is 23.7 Å². The Kier molecular flexibility index (Phi) is 20.7. The predicted octanol–water partition coefficient (Wildman–Crippen LogP) is 9.21. The molecule has 2 N–H and O–H groups in total. The average molecular weight is 1270 g/mol. The number of fused-ring (bicyclic) bond motifs is 5. The zero-order valence-corrected chi connectivity index (χ0v) is 51.1. The van der Waals surface area contributed by atoms with Crippen LogP contribution >= 0.6 is 69.6 Å². The zero-order chi connectivity index (χ0) is 60.3. The first-order chi connectivity index (χ1) is 38.2. The molecule has 20 nitrogen and oxygen atoms in total. The number of amides is 1. The monoisotopic (exact) mass is 1270 g/mol. The fourth-order valence-corrected chi connectivity index (χ4v) is 12.0. The van der Waals surface area contributed by atoms with Crippen molar-refractivity contribution in [2.45, 2.75) is 136 Å². The van der Waals surface area contributed by atoms with Gasteiger partial charge >= 0.3 is 36.3 Å². The number of ether oxygens (including phenoxy) is 9. The van der Waals surface area contributed by atoms with Gasteiger partial charge in [0.25, 0.3) is 0 Å². The van der Waals surface area contributed by atoms with Gasteiger partial charge in [-0.25, -0.2) is 24.0 Å². The first kappa shape index (κ1) is 65.2. The van der Waals surface area contributed by atoms with E-state index in [1.807, 2.05) is 7.05 Å². The molecular weight excluding hydrogens is 1200 g/mol. The van der Waals surface area contributed by atoms with E-state index < -0.39 is 146 Å². The number of ketones is 1. The fraction of sp³-hybridized carbons (Fsp3) is 0.625. The lowest BCUT2D eigenvalue weighted by Gasteiger charge is -2.64. The molecule has 4 fully saturated rings. The van der Waals surface area contributed by atoms with E-state index in [1.54, 1.807) is 57.2 Å². The highest BCUT2D eigenvalue weighted by atomic mass is 35.6. The molecule has 11 atom stereocenters. The van der Waals surface area contributed by atoms with Gasteiger partial charge in [-0.1, -0.05) is 132 Å². The summed E-state index contributed by atoms with van der Waals surface area (Å²) in [6.45, 7) is 13.1. The van der Waals surface area contributed by atoms with Crippen molar-refractivity contribution >= 4 is 112 Å². The minimum absolute atomic E-state index is 0.0118. The molecule has 82 heavy (non-hydrogen) atoms. The van der Waals surface area contributed by atoms with E-state index in [0.717, 1.165) is 26.2 Å². The highest BCUT2D eigenvalue weighted by molar-refractivity contribution is 6.68. The molecule has 2 heterocycles. The topological polar surface area (TPSA) is 241 Å². The molecule has 452 valence electrons. The van der Waals surface area contributed by atoms with Crippen LogP contribution in [0.5, 0.6) is 0 Å². The molecule has 7 rings (SSSR count). The van der Waals surface area contributed by atoms with Crippen molar-refractivity contribution in [3.05, 3.63) is 82.9 Å². The Labute approximate surface area is 506 Å². The lowest BCUT2D eigenvalue weighted by Crippen LogP contribution is -2.75. The van der Waals surface area contributed by atoms with Crippen LogP contribution in [0.3, 0.4) is 0 Å². The summed E-state index contributed by atoms with van der Waals surface area (Å²) in [6, 6.07) is 14.1. The smallest absolute Gasteiger partial charge is 0.461 e. The molecule has 2 aliphatic heterocycles. The normalized spacial score (nSPS) is 28.2. The van der Waals surface area contributed by atoms with E-state index in [2.05, 4.69) is 15.1 Å². The van der Waals surface area contributed by atoms with E-state index in [-0.39, 0.29) is 41.7 Å². The first-order valence-corrected chi connectivity index (χ1v) is 29.0. The van der Waals surface area contributed by atoms with Crippen LogP contribution in [0.2, 0.25) is 0 Å². The molecule has 2 saturated heterocycles. The van der Waals surface area contributed by atoms with Gasteiger partial charge in [0.15, 0.2) is 11.9 Å². The molecule has 1 unspecified atom stereocenters. The number of hydrogen-bond acceptors (Lipinski definition) is 19. The summed E-state index contributed by atoms with van der Waals surface area (Å²) in [6.07, 6.45) is -14.1. The fourth-order valence-electron chi connectivity index (χ4n) is 11.7. The second-order valence-electron chi connectivity index (χ2n) is 23.0. The maximum absolute atomic E-state index is 16.4. The quantitative estimate of drug-likeness (QED) is 0.0688. The average Bonchev–Trinajstić information content (AvgIpc) is 0.744. The van der Waals surface area contributed by atoms with Crippen molar-refractivity contribution in [2.75, 3.05) is 59.6 Å². The summed E-state index contributed by atoms with van der Waals surface area (Å²) >= 11 is 35.7. The molecule has 5 aliphatic rings. The number of rotatable bonds is 16. The maximum atomic E-state index is 16.4. The molecule has 3 aliphatic carbocycles. The molecular formula is C56H69Cl6N3O17. The van der Waals surface area contributed by atoms with Crippen molar-refractivity contribution in [3.63, 3.8) is 0 Å². The van der Waals surface area contributed by atoms with Crippen LogP contribution in [0, 0.1) is 22.7 Å². The molecule has 0 aromatic heterocycles. The van der Waals surface area contributed by atoms with E-state index in [1.165, 1.54) is 52.0 Å². The number of aliphatic hydroxyl groups is 1. The summed E-state index contributed by atoms with van der Waals surface area (Å²) in [5.74, 6) is -5.83. The van der Waals surface area contributed by atoms with Crippen molar-refractivity contribution in [1.82, 2.24) is 15.1 Å². The van der Waals surface area contributed by atoms with Gasteiger partial charge in [0.1, 0.15) is 48.8 Å². The standard InChI is InChI=1S/C56H69Cl6N3O17/c1-31-36(77-47(69)43(80-50(72)76-30-56(60,61)62)41(32-16-11-9-12-17-32)63-48(70)82-51(2,3)4)27-54(73)45(81-46(68)33-18-13-10-14-19-33)40-34-28-74-35(34)26-37(78-38(66)20-15-21-65-24-22-64(8)23-25-65)53(40,7)44(67)42(39(31)52(54,5)6)79-49(71)75-29-55(57,58)59/h9-14,16-19,34-37,40-43,45,73H,15,20-30H2,1-8H3,(H,63,70)/t34-,35-,36+,37+,40?,41+,42-,43-,45+,53-,54-/m1/s1. The molecule has 26 heteroatoms. The Morgan fingerprint density at radius 2 is 1.41 bits per heavy atom. The van der Waals surface area contributed by atoms with Gasteiger partial charge in [-0.2, -0.15) is 0 Å². The summed E-state index contributed by atoms with van der Waals surface area (Å²) < 4.78 is 48.8. The highest BCUT2D eigenvalue weighted by Gasteiger charge is 2.74. The third-order valence-corrected chi connectivity index (χ3v) is 16.6. The van der Waals surface area contributed by atoms with E-state index in [9.17, 15) is 29.1 Å². The number of esters is 3. The number of likely N-dealkylation sites (N-methyl/N-ethyl adjacent to an activating group) is 1. The highest BCUT2D eigenvalue weighted by Crippen LogP contribution is 2.63. The number of benzene rings is 2. The molecule has 2 aromatic carbocycles. The molecule has 0 spiro atoms. The number of halogens is 6. The lowest BCUT2D eigenvalue weighted by atomic mass is 9.45. The van der Waals surface area contributed by atoms with Crippen LogP contribution in [0.15, 0.2) is 71.8 Å². The van der Waals surface area contributed by atoms with Crippen LogP contribution in [0.1, 0.15) is 96.1 Å². The number of piperazine rings is 1. The van der Waals surface area contributed by atoms with Gasteiger partial charge in [-0.05, 0) is 83.5 Å². The number of alkyl carbamates (subject to hydrolysis) is 1. The van der Waals surface area contributed by atoms with Crippen LogP contribution in [-0.4, -0.2) is 172 Å². The maximum Gasteiger partial charge on any atom is 0.509 e. The van der Waals surface area contributed by atoms with Crippen LogP contribution < -0.4 is 5.32 Å². The molecule has 2 saturated carbocycles. The van der Waals surface area contributed by atoms with Crippen molar-refractivity contribution in [1.29, 1.82) is 0 Å². The number of nitrogens with one attached hydrogen (secondary N) is 1. The third kappa shape index (κ3) is 15.4. The van der Waals surface area contributed by atoms with E-state index >= 15 is 9.59 Å². The van der Waals surface area contributed by atoms with Crippen molar-refractivity contribution in [3.8, 4) is 0 Å². The lowest BCUT2D eigenvalue weighted by molar-refractivity contribution is -0.279. The molecule has 0 radical (unpaired) electrons. The number of carbonyl (C=O) groups is 7. The van der Waals surface area contributed by atoms with E-state index in [4.69, 9.17) is 112 Å². The van der Waals surface area contributed by atoms with Crippen molar-refractivity contribution in [2.24, 2.45) is 22.7 Å². The summed E-state index contributed by atoms with van der Waals surface area (Å²) in [7, 11) is 2.04. The minimum atomic E-state index is -2.46. The SMILES string of the molecule is CC1=C2[C@@H](OC(=O)OCC(Cl)(Cl)Cl)C(=O)[C@@]3(C)C([C@@H]4CO[C@@H]4C[C@@H]3OC(=O)CCCN3CCN(C)CC3)[C@H](OC(=O)c3ccccc3)[C@](O)(C[C@@H]1OC(=O)[C@H](OC(=O)OCC(Cl)(Cl)Cl)[C@@H](NC(=O)OC(C)(C)C)c1ccccc1)C2(C)C. The number of alkyl halides is 6. The molecule has 1 amide bonds. The Balaban J connectivity index is 1.38. The zero-order valence-electron chi connectivity index (χ0n) is 46.6. The first-order valence-electron chi connectivity index (χ1n) is 26.7. The van der Waals surface area contributed by atoms with E-state index in [0.29, 0.717) is 13.0 Å². The number of hydrogen-bond donors (Lipinski definition) is 2. The molecule has 2 bridgehead atoms. The second-order valence-corrected chi connectivity index (χ2v) is 28.0. The van der Waals surface area contributed by atoms with Crippen LogP contribution in [-0.2, 0) is 57.0 Å². The van der Waals surface area contributed by atoms with Gasteiger partial charge in [-0.15, -0.1) is 0 Å². The third-order valence-electron chi connectivity index (χ3n) is 16.0. The van der Waals surface area contributed by atoms with Gasteiger partial charge in [0, 0.05) is 62.7 Å². The summed E-state index contributed by atoms with van der Waals surface area (Å²) in [5, 5.41) is 16.8. The van der Waals surface area contributed by atoms with Gasteiger partial charge in [0.2, 0.25) is 13.7 Å². The van der Waals surface area contributed by atoms with Gasteiger partial charge in [-0.3, -0.25) is 9.59 Å². The summed E-state index contributed by atoms with van der Waals surface area (Å²) in [4.78, 5) is 106. The molecule has 2 aromatic rings. The summed E-state index contributed by atoms with van der Waals surface area (Å²) in [5.41, 5.74) is -7.22.